The lowest BCUT2D eigenvalue weighted by Crippen LogP contribution is -2.43. The van der Waals surface area contributed by atoms with Crippen LogP contribution in [0, 0.1) is 5.92 Å². The second kappa shape index (κ2) is 11.4. The fraction of sp³-hybridized carbons (Fsp3) is 0.387. The molecule has 210 valence electrons. The molecule has 40 heavy (non-hydrogen) atoms. The third kappa shape index (κ3) is 5.75. The van der Waals surface area contributed by atoms with Crippen LogP contribution in [0.4, 0.5) is 0 Å². The lowest BCUT2D eigenvalue weighted by Gasteiger charge is -2.28. The van der Waals surface area contributed by atoms with Crippen LogP contribution in [0.15, 0.2) is 48.5 Å². The number of pyridine rings is 1. The van der Waals surface area contributed by atoms with E-state index in [2.05, 4.69) is 13.0 Å². The Morgan fingerprint density at radius 1 is 1.10 bits per heavy atom. The number of carbonyl (C=O) groups is 2. The van der Waals surface area contributed by atoms with Gasteiger partial charge in [-0.3, -0.25) is 4.79 Å². The minimum Gasteiger partial charge on any atom is -0.497 e. The molecule has 2 heterocycles. The van der Waals surface area contributed by atoms with Gasteiger partial charge in [-0.1, -0.05) is 37.3 Å². The summed E-state index contributed by atoms with van der Waals surface area (Å²) >= 11 is 0. The number of benzene rings is 2. The predicted octanol–water partition coefficient (Wildman–Crippen LogP) is 4.56. The fourth-order valence-electron chi connectivity index (χ4n) is 5.81. The van der Waals surface area contributed by atoms with E-state index in [-0.39, 0.29) is 23.5 Å². The Morgan fingerprint density at radius 2 is 1.85 bits per heavy atom. The maximum atomic E-state index is 13.7. The van der Waals surface area contributed by atoms with Gasteiger partial charge in [0.2, 0.25) is 0 Å². The SMILES string of the molecule is CCN(C(=O)COC(=O)c1c2c(nc3ccccc13)/C(=C\c1ccc(OC)cc1)C[C@@H](C)C2)[C@H]1CCS(=O)(=O)C1. The smallest absolute Gasteiger partial charge is 0.339 e. The van der Waals surface area contributed by atoms with Crippen molar-refractivity contribution in [2.45, 2.75) is 39.2 Å². The van der Waals surface area contributed by atoms with Gasteiger partial charge in [0.05, 0.1) is 35.4 Å². The molecule has 1 aliphatic heterocycles. The van der Waals surface area contributed by atoms with E-state index < -0.39 is 28.3 Å². The number of sulfone groups is 1. The van der Waals surface area contributed by atoms with Crippen molar-refractivity contribution in [2.24, 2.45) is 5.92 Å². The number of para-hydroxylation sites is 1. The van der Waals surface area contributed by atoms with Gasteiger partial charge in [0.25, 0.3) is 5.91 Å². The van der Waals surface area contributed by atoms with Gasteiger partial charge in [-0.2, -0.15) is 0 Å². The predicted molar refractivity (Wildman–Crippen MR) is 155 cm³/mol. The molecule has 3 aromatic rings. The third-order valence-electron chi connectivity index (χ3n) is 7.72. The molecule has 2 aliphatic rings. The van der Waals surface area contributed by atoms with E-state index in [1.807, 2.05) is 48.5 Å². The molecule has 0 saturated carbocycles. The monoisotopic (exact) mass is 562 g/mol. The fourth-order valence-corrected chi connectivity index (χ4v) is 7.54. The van der Waals surface area contributed by atoms with Gasteiger partial charge in [0, 0.05) is 18.0 Å². The van der Waals surface area contributed by atoms with Crippen LogP contribution in [0.2, 0.25) is 0 Å². The number of ether oxygens (including phenoxy) is 2. The topological polar surface area (TPSA) is 103 Å². The van der Waals surface area contributed by atoms with Gasteiger partial charge < -0.3 is 14.4 Å². The number of esters is 1. The summed E-state index contributed by atoms with van der Waals surface area (Å²) in [7, 11) is -1.52. The summed E-state index contributed by atoms with van der Waals surface area (Å²) in [6.07, 6.45) is 3.97. The molecular weight excluding hydrogens is 528 g/mol. The zero-order valence-electron chi connectivity index (χ0n) is 23.1. The molecule has 0 radical (unpaired) electrons. The standard InChI is InChI=1S/C31H34N2O6S/c1-4-33(23-13-14-40(36,37)19-23)28(34)18-39-31(35)29-25-7-5-6-8-27(25)32-30-22(15-20(2)16-26(29)30)17-21-9-11-24(38-3)12-10-21/h5-12,17,20,23H,4,13-16,18-19H2,1-3H3/b22-17-/t20-,23+/m1/s1. The number of likely N-dealkylation sites (N-methyl/N-ethyl adjacent to an activating group) is 1. The molecule has 1 fully saturated rings. The van der Waals surface area contributed by atoms with Crippen molar-refractivity contribution in [1.29, 1.82) is 0 Å². The molecule has 1 aliphatic carbocycles. The van der Waals surface area contributed by atoms with Crippen molar-refractivity contribution in [2.75, 3.05) is 31.8 Å². The van der Waals surface area contributed by atoms with Gasteiger partial charge in [-0.15, -0.1) is 0 Å². The Hall–Kier alpha value is -3.72. The Kier molecular flexibility index (Phi) is 7.94. The molecule has 5 rings (SSSR count). The quantitative estimate of drug-likeness (QED) is 0.389. The van der Waals surface area contributed by atoms with Crippen LogP contribution in [-0.2, 0) is 25.8 Å². The van der Waals surface area contributed by atoms with Crippen molar-refractivity contribution < 1.29 is 27.5 Å². The van der Waals surface area contributed by atoms with Crippen LogP contribution in [0.5, 0.6) is 5.75 Å². The van der Waals surface area contributed by atoms with Gasteiger partial charge in [-0.25, -0.2) is 18.2 Å². The summed E-state index contributed by atoms with van der Waals surface area (Å²) in [6, 6.07) is 14.9. The van der Waals surface area contributed by atoms with Gasteiger partial charge in [-0.05, 0) is 73.1 Å². The van der Waals surface area contributed by atoms with Crippen molar-refractivity contribution in [3.8, 4) is 5.75 Å². The highest BCUT2D eigenvalue weighted by molar-refractivity contribution is 7.91. The Bertz CT molecular complexity index is 1580. The molecule has 9 heteroatoms. The number of rotatable bonds is 7. The molecule has 0 bridgehead atoms. The number of allylic oxidation sites excluding steroid dienone is 1. The summed E-state index contributed by atoms with van der Waals surface area (Å²) in [5, 5.41) is 0.686. The van der Waals surface area contributed by atoms with Crippen molar-refractivity contribution >= 4 is 44.3 Å². The van der Waals surface area contributed by atoms with Crippen LogP contribution in [0.1, 0.15) is 53.9 Å². The minimum absolute atomic E-state index is 0.0514. The summed E-state index contributed by atoms with van der Waals surface area (Å²) < 4.78 is 34.8. The van der Waals surface area contributed by atoms with Gasteiger partial charge >= 0.3 is 5.97 Å². The largest absolute Gasteiger partial charge is 0.497 e. The number of fused-ring (bicyclic) bond motifs is 2. The van der Waals surface area contributed by atoms with Crippen LogP contribution in [0.3, 0.4) is 0 Å². The highest BCUT2D eigenvalue weighted by Gasteiger charge is 2.35. The minimum atomic E-state index is -3.15. The van der Waals surface area contributed by atoms with E-state index in [4.69, 9.17) is 14.5 Å². The molecule has 2 atom stereocenters. The number of aromatic nitrogens is 1. The number of methoxy groups -OCH3 is 1. The second-order valence-electron chi connectivity index (χ2n) is 10.6. The van der Waals surface area contributed by atoms with Crippen LogP contribution < -0.4 is 4.74 Å². The molecule has 2 aromatic carbocycles. The molecule has 1 saturated heterocycles. The van der Waals surface area contributed by atoms with Crippen LogP contribution in [-0.4, -0.2) is 68.0 Å². The number of hydrogen-bond donors (Lipinski definition) is 0. The maximum absolute atomic E-state index is 13.7. The molecule has 8 nitrogen and oxygen atoms in total. The Balaban J connectivity index is 1.47. The molecule has 0 spiro atoms. The van der Waals surface area contributed by atoms with Crippen LogP contribution >= 0.6 is 0 Å². The molecule has 0 N–H and O–H groups in total. The Labute approximate surface area is 234 Å². The van der Waals surface area contributed by atoms with E-state index >= 15 is 0 Å². The van der Waals surface area contributed by atoms with E-state index in [0.717, 1.165) is 34.6 Å². The highest BCUT2D eigenvalue weighted by Crippen LogP contribution is 2.39. The summed E-state index contributed by atoms with van der Waals surface area (Å²) in [6.45, 7) is 3.85. The lowest BCUT2D eigenvalue weighted by atomic mass is 9.80. The molecular formula is C31H34N2O6S. The first-order valence-corrected chi connectivity index (χ1v) is 15.4. The van der Waals surface area contributed by atoms with Gasteiger partial charge in [0.1, 0.15) is 5.75 Å². The second-order valence-corrected chi connectivity index (χ2v) is 12.8. The normalized spacial score (nSPS) is 20.7. The average molecular weight is 563 g/mol. The van der Waals surface area contributed by atoms with Crippen LogP contribution in [0.25, 0.3) is 22.6 Å². The highest BCUT2D eigenvalue weighted by atomic mass is 32.2. The molecule has 0 unspecified atom stereocenters. The van der Waals surface area contributed by atoms with Gasteiger partial charge in [0.15, 0.2) is 16.4 Å². The first kappa shape index (κ1) is 27.8. The first-order chi connectivity index (χ1) is 19.2. The summed E-state index contributed by atoms with van der Waals surface area (Å²) in [4.78, 5) is 33.2. The Morgan fingerprint density at radius 3 is 2.52 bits per heavy atom. The zero-order chi connectivity index (χ0) is 28.4. The number of hydrogen-bond acceptors (Lipinski definition) is 7. The van der Waals surface area contributed by atoms with Crippen molar-refractivity contribution in [3.63, 3.8) is 0 Å². The molecule has 1 amide bonds. The first-order valence-electron chi connectivity index (χ1n) is 13.6. The van der Waals surface area contributed by atoms with E-state index in [1.165, 1.54) is 4.90 Å². The van der Waals surface area contributed by atoms with E-state index in [9.17, 15) is 18.0 Å². The van der Waals surface area contributed by atoms with E-state index in [1.54, 1.807) is 14.0 Å². The third-order valence-corrected chi connectivity index (χ3v) is 9.47. The summed E-state index contributed by atoms with van der Waals surface area (Å²) in [5.74, 6) is 0.104. The van der Waals surface area contributed by atoms with Crippen molar-refractivity contribution in [3.05, 3.63) is 70.9 Å². The number of nitrogens with zero attached hydrogens (tertiary/aromatic N) is 2. The zero-order valence-corrected chi connectivity index (χ0v) is 23.9. The average Bonchev–Trinajstić information content (AvgIpc) is 3.30. The number of amides is 1. The number of carbonyl (C=O) groups excluding carboxylic acids is 2. The van der Waals surface area contributed by atoms with E-state index in [0.29, 0.717) is 35.9 Å². The maximum Gasteiger partial charge on any atom is 0.339 e. The van der Waals surface area contributed by atoms with Crippen molar-refractivity contribution in [1.82, 2.24) is 9.88 Å². The molecule has 1 aromatic heterocycles. The lowest BCUT2D eigenvalue weighted by molar-refractivity contribution is -0.136. The summed E-state index contributed by atoms with van der Waals surface area (Å²) in [5.41, 5.74) is 4.76.